The summed E-state index contributed by atoms with van der Waals surface area (Å²) in [4.78, 5) is 23.5. The van der Waals surface area contributed by atoms with Gasteiger partial charge in [0.15, 0.2) is 12.4 Å². The van der Waals surface area contributed by atoms with Gasteiger partial charge in [-0.2, -0.15) is 5.10 Å². The molecule has 0 saturated carbocycles. The minimum absolute atomic E-state index is 0.0712. The predicted molar refractivity (Wildman–Crippen MR) is 98.4 cm³/mol. The summed E-state index contributed by atoms with van der Waals surface area (Å²) in [5.41, 5.74) is 2.66. The molecule has 0 radical (unpaired) electrons. The lowest BCUT2D eigenvalue weighted by Gasteiger charge is -2.20. The number of carbonyl (C=O) groups is 2. The highest BCUT2D eigenvalue weighted by atomic mass is 16.7. The van der Waals surface area contributed by atoms with Gasteiger partial charge in [0.25, 0.3) is 0 Å². The number of esters is 1. The average Bonchev–Trinajstić information content (AvgIpc) is 2.98. The van der Waals surface area contributed by atoms with Crippen LogP contribution in [0.2, 0.25) is 0 Å². The Kier molecular flexibility index (Phi) is 6.92. The number of hydrogen-bond acceptors (Lipinski definition) is 7. The maximum absolute atomic E-state index is 11.8. The van der Waals surface area contributed by atoms with E-state index in [0.29, 0.717) is 19.0 Å². The van der Waals surface area contributed by atoms with Gasteiger partial charge in [-0.05, 0) is 57.5 Å². The van der Waals surface area contributed by atoms with Crippen LogP contribution < -0.4 is 10.2 Å². The molecule has 0 unspecified atom stereocenters. The molecule has 1 fully saturated rings. The summed E-state index contributed by atoms with van der Waals surface area (Å²) in [6.07, 6.45) is 1.58. The predicted octanol–water partition coefficient (Wildman–Crippen LogP) is 2.01. The molecule has 1 aromatic carbocycles. The molecule has 0 aliphatic carbocycles. The fourth-order valence-electron chi connectivity index (χ4n) is 2.33. The van der Waals surface area contributed by atoms with Crippen molar-refractivity contribution in [2.24, 2.45) is 5.10 Å². The number of amides is 1. The second-order valence-corrected chi connectivity index (χ2v) is 7.24. The molecule has 0 aromatic heterocycles. The molecular weight excluding hydrogens is 352 g/mol. The van der Waals surface area contributed by atoms with Crippen molar-refractivity contribution >= 4 is 18.1 Å². The zero-order valence-corrected chi connectivity index (χ0v) is 16.1. The highest BCUT2D eigenvalue weighted by molar-refractivity contribution is 5.82. The van der Waals surface area contributed by atoms with Crippen molar-refractivity contribution in [3.63, 3.8) is 0 Å². The normalized spacial score (nSPS) is 16.3. The minimum Gasteiger partial charge on any atom is -0.482 e. The Hall–Kier alpha value is -2.45. The molecule has 1 saturated heterocycles. The van der Waals surface area contributed by atoms with Crippen molar-refractivity contribution in [3.05, 3.63) is 29.8 Å². The summed E-state index contributed by atoms with van der Waals surface area (Å²) < 4.78 is 21.3. The van der Waals surface area contributed by atoms with Gasteiger partial charge in [-0.25, -0.2) is 10.2 Å². The van der Waals surface area contributed by atoms with E-state index in [4.69, 9.17) is 18.9 Å². The van der Waals surface area contributed by atoms with Gasteiger partial charge in [0.05, 0.1) is 25.8 Å². The van der Waals surface area contributed by atoms with Crippen LogP contribution in [0, 0.1) is 0 Å². The van der Waals surface area contributed by atoms with Crippen LogP contribution in [-0.4, -0.2) is 49.3 Å². The minimum atomic E-state index is -0.882. The average molecular weight is 378 g/mol. The zero-order chi connectivity index (χ0) is 19.9. The molecule has 1 N–H and O–H groups in total. The summed E-state index contributed by atoms with van der Waals surface area (Å²) in [5.74, 6) is -1.08. The molecule has 8 heteroatoms. The first-order valence-electron chi connectivity index (χ1n) is 8.70. The van der Waals surface area contributed by atoms with Crippen LogP contribution in [0.1, 0.15) is 39.7 Å². The summed E-state index contributed by atoms with van der Waals surface area (Å²) in [7, 11) is 0. The number of benzene rings is 1. The Morgan fingerprint density at radius 2 is 1.85 bits per heavy atom. The first-order valence-corrected chi connectivity index (χ1v) is 8.70. The number of carbonyl (C=O) groups excluding carboxylic acids is 2. The first kappa shape index (κ1) is 20.9. The quantitative estimate of drug-likeness (QED) is 0.443. The highest BCUT2D eigenvalue weighted by Crippen LogP contribution is 2.22. The van der Waals surface area contributed by atoms with Gasteiger partial charge in [0.1, 0.15) is 11.4 Å². The van der Waals surface area contributed by atoms with Crippen LogP contribution in [0.5, 0.6) is 5.75 Å². The van der Waals surface area contributed by atoms with Crippen molar-refractivity contribution in [3.8, 4) is 5.75 Å². The van der Waals surface area contributed by atoms with Gasteiger partial charge in [-0.3, -0.25) is 4.79 Å². The molecule has 2 rings (SSSR count). The van der Waals surface area contributed by atoms with Crippen LogP contribution in [-0.2, 0) is 23.8 Å². The van der Waals surface area contributed by atoms with E-state index >= 15 is 0 Å². The summed E-state index contributed by atoms with van der Waals surface area (Å²) in [5, 5.41) is 3.91. The van der Waals surface area contributed by atoms with Gasteiger partial charge in [0.2, 0.25) is 5.91 Å². The topological polar surface area (TPSA) is 95.5 Å². The largest absolute Gasteiger partial charge is 0.482 e. The van der Waals surface area contributed by atoms with Crippen molar-refractivity contribution < 1.29 is 28.5 Å². The van der Waals surface area contributed by atoms with Crippen molar-refractivity contribution in [1.82, 2.24) is 5.43 Å². The molecule has 1 aromatic rings. The van der Waals surface area contributed by atoms with Gasteiger partial charge in [-0.1, -0.05) is 0 Å². The standard InChI is InChI=1S/C19H26N2O6/c1-18(2,3)27-17(23)13-24-15-7-5-14(6-8-15)12-20-21-16(22)11-19(4)25-9-10-26-19/h5-8,12H,9-11,13H2,1-4H3,(H,21,22). The third-order valence-corrected chi connectivity index (χ3v) is 3.44. The van der Waals surface area contributed by atoms with E-state index in [0.717, 1.165) is 5.56 Å². The molecule has 1 amide bonds. The fraction of sp³-hybridized carbons (Fsp3) is 0.526. The Balaban J connectivity index is 1.75. The SMILES string of the molecule is CC(C)(C)OC(=O)COc1ccc(C=NNC(=O)CC2(C)OCCO2)cc1. The molecule has 0 spiro atoms. The Labute approximate surface area is 158 Å². The maximum Gasteiger partial charge on any atom is 0.344 e. The maximum atomic E-state index is 11.8. The summed E-state index contributed by atoms with van der Waals surface area (Å²) >= 11 is 0. The van der Waals surface area contributed by atoms with Crippen LogP contribution in [0.15, 0.2) is 29.4 Å². The molecule has 1 heterocycles. The van der Waals surface area contributed by atoms with E-state index < -0.39 is 17.4 Å². The second-order valence-electron chi connectivity index (χ2n) is 7.24. The van der Waals surface area contributed by atoms with Gasteiger partial charge >= 0.3 is 5.97 Å². The van der Waals surface area contributed by atoms with Crippen molar-refractivity contribution in [2.45, 2.75) is 45.5 Å². The second kappa shape index (κ2) is 8.96. The third kappa shape index (κ3) is 7.76. The number of rotatable bonds is 7. The first-order chi connectivity index (χ1) is 12.7. The molecule has 27 heavy (non-hydrogen) atoms. The molecule has 0 atom stereocenters. The van der Waals surface area contributed by atoms with Gasteiger partial charge in [0, 0.05) is 0 Å². The molecule has 8 nitrogen and oxygen atoms in total. The van der Waals surface area contributed by atoms with Crippen LogP contribution in [0.3, 0.4) is 0 Å². The Morgan fingerprint density at radius 1 is 1.22 bits per heavy atom. The monoisotopic (exact) mass is 378 g/mol. The fourth-order valence-corrected chi connectivity index (χ4v) is 2.33. The van der Waals surface area contributed by atoms with Crippen LogP contribution in [0.25, 0.3) is 0 Å². The van der Waals surface area contributed by atoms with Crippen molar-refractivity contribution in [2.75, 3.05) is 19.8 Å². The molecular formula is C19H26N2O6. The lowest BCUT2D eigenvalue weighted by molar-refractivity contribution is -0.160. The lowest BCUT2D eigenvalue weighted by atomic mass is 10.2. The molecule has 1 aliphatic rings. The number of nitrogens with zero attached hydrogens (tertiary/aromatic N) is 1. The summed E-state index contributed by atoms with van der Waals surface area (Å²) in [6, 6.07) is 6.92. The number of ether oxygens (including phenoxy) is 4. The summed E-state index contributed by atoms with van der Waals surface area (Å²) in [6.45, 7) is 7.91. The van der Waals surface area contributed by atoms with Crippen LogP contribution >= 0.6 is 0 Å². The van der Waals surface area contributed by atoms with Gasteiger partial charge < -0.3 is 18.9 Å². The molecule has 148 valence electrons. The zero-order valence-electron chi connectivity index (χ0n) is 16.1. The van der Waals surface area contributed by atoms with E-state index in [1.807, 2.05) is 0 Å². The Bertz CT molecular complexity index is 672. The lowest BCUT2D eigenvalue weighted by Crippen LogP contribution is -2.33. The number of nitrogens with one attached hydrogen (secondary N) is 1. The molecule has 0 bridgehead atoms. The van der Waals surface area contributed by atoms with E-state index in [9.17, 15) is 9.59 Å². The third-order valence-electron chi connectivity index (χ3n) is 3.44. The number of hydrogen-bond donors (Lipinski definition) is 1. The van der Waals surface area contributed by atoms with E-state index in [1.165, 1.54) is 6.21 Å². The van der Waals surface area contributed by atoms with Crippen LogP contribution in [0.4, 0.5) is 0 Å². The molecule has 1 aliphatic heterocycles. The number of hydrazone groups is 1. The van der Waals surface area contributed by atoms with E-state index in [-0.39, 0.29) is 18.9 Å². The smallest absolute Gasteiger partial charge is 0.344 e. The highest BCUT2D eigenvalue weighted by Gasteiger charge is 2.33. The van der Waals surface area contributed by atoms with E-state index in [1.54, 1.807) is 52.0 Å². The Morgan fingerprint density at radius 3 is 2.44 bits per heavy atom. The van der Waals surface area contributed by atoms with E-state index in [2.05, 4.69) is 10.5 Å². The van der Waals surface area contributed by atoms with Gasteiger partial charge in [-0.15, -0.1) is 0 Å². The van der Waals surface area contributed by atoms with Crippen molar-refractivity contribution in [1.29, 1.82) is 0 Å².